The van der Waals surface area contributed by atoms with Crippen LogP contribution >= 0.6 is 11.6 Å². The van der Waals surface area contributed by atoms with E-state index in [0.717, 1.165) is 43.0 Å². The number of pyridine rings is 1. The SMILES string of the molecule is CCOc1ccc2c(=O)n(-c3ccc(Cl)c4c(NS(C)(=O)=O)nn(C)c34)c([C@H](Cc3cc(F)cc(F)c3)NC(=O)Cn3ccc(C4CC4)n3)nc2n1. The van der Waals surface area contributed by atoms with E-state index < -0.39 is 39.2 Å². The Balaban J connectivity index is 1.45. The summed E-state index contributed by atoms with van der Waals surface area (Å²) in [6.45, 7) is 1.86. The number of carbonyl (C=O) groups is 1. The Labute approximate surface area is 300 Å². The second-order valence-corrected chi connectivity index (χ2v) is 14.7. The highest BCUT2D eigenvalue weighted by atomic mass is 35.5. The lowest BCUT2D eigenvalue weighted by Crippen LogP contribution is -2.37. The number of halogens is 3. The molecule has 0 saturated heterocycles. The molecular weight excluding hydrogens is 720 g/mol. The van der Waals surface area contributed by atoms with Crippen molar-refractivity contribution >= 4 is 55.3 Å². The number of fused-ring (bicyclic) bond motifs is 2. The van der Waals surface area contributed by atoms with Crippen molar-refractivity contribution in [2.24, 2.45) is 7.05 Å². The van der Waals surface area contributed by atoms with E-state index in [4.69, 9.17) is 21.3 Å². The number of aromatic nitrogens is 7. The number of aryl methyl sites for hydroxylation is 1. The number of hydrogen-bond acceptors (Lipinski definition) is 9. The maximum absolute atomic E-state index is 14.6. The first-order chi connectivity index (χ1) is 24.8. The van der Waals surface area contributed by atoms with Crippen LogP contribution in [0, 0.1) is 11.6 Å². The molecule has 2 aromatic carbocycles. The molecule has 52 heavy (non-hydrogen) atoms. The minimum absolute atomic E-state index is 0.0114. The fraction of sp³-hybridized carbons (Fsp3) is 0.294. The summed E-state index contributed by atoms with van der Waals surface area (Å²) in [5, 5.41) is 12.2. The third-order valence-electron chi connectivity index (χ3n) is 8.44. The molecule has 0 spiro atoms. The van der Waals surface area contributed by atoms with Crippen LogP contribution in [-0.4, -0.2) is 61.3 Å². The monoisotopic (exact) mass is 751 g/mol. The largest absolute Gasteiger partial charge is 0.478 e. The van der Waals surface area contributed by atoms with E-state index >= 15 is 0 Å². The van der Waals surface area contributed by atoms with E-state index in [2.05, 4.69) is 25.2 Å². The molecule has 0 unspecified atom stereocenters. The molecule has 0 aliphatic heterocycles. The highest BCUT2D eigenvalue weighted by Gasteiger charge is 2.29. The zero-order valence-electron chi connectivity index (χ0n) is 28.1. The molecule has 0 radical (unpaired) electrons. The Bertz CT molecular complexity index is 2530. The third kappa shape index (κ3) is 7.18. The van der Waals surface area contributed by atoms with E-state index in [1.807, 2.05) is 6.07 Å². The molecule has 0 bridgehead atoms. The highest BCUT2D eigenvalue weighted by molar-refractivity contribution is 7.92. The van der Waals surface area contributed by atoms with Gasteiger partial charge in [-0.05, 0) is 61.7 Å². The van der Waals surface area contributed by atoms with Gasteiger partial charge in [-0.1, -0.05) is 11.6 Å². The molecule has 1 amide bonds. The zero-order valence-corrected chi connectivity index (χ0v) is 29.7. The number of rotatable bonds is 12. The van der Waals surface area contributed by atoms with Crippen molar-refractivity contribution in [2.75, 3.05) is 17.6 Å². The quantitative estimate of drug-likeness (QED) is 0.182. The Kier molecular flexibility index (Phi) is 9.16. The topological polar surface area (TPSA) is 168 Å². The van der Waals surface area contributed by atoms with Crippen molar-refractivity contribution < 1.29 is 26.7 Å². The Morgan fingerprint density at radius 2 is 1.83 bits per heavy atom. The van der Waals surface area contributed by atoms with E-state index in [1.54, 1.807) is 20.2 Å². The van der Waals surface area contributed by atoms with Crippen LogP contribution in [-0.2, 0) is 34.8 Å². The molecule has 1 saturated carbocycles. The average Bonchev–Trinajstić information content (AvgIpc) is 3.72. The molecule has 1 aliphatic rings. The van der Waals surface area contributed by atoms with E-state index in [1.165, 1.54) is 38.2 Å². The molecule has 18 heteroatoms. The van der Waals surface area contributed by atoms with Gasteiger partial charge in [-0.2, -0.15) is 15.2 Å². The summed E-state index contributed by atoms with van der Waals surface area (Å²) in [5.74, 6) is -1.78. The van der Waals surface area contributed by atoms with Crippen LogP contribution < -0.4 is 20.3 Å². The third-order valence-corrected chi connectivity index (χ3v) is 9.31. The molecule has 1 fully saturated rings. The van der Waals surface area contributed by atoms with Gasteiger partial charge >= 0.3 is 0 Å². The molecule has 7 rings (SSSR count). The Morgan fingerprint density at radius 3 is 2.52 bits per heavy atom. The molecule has 2 N–H and O–H groups in total. The fourth-order valence-corrected chi connectivity index (χ4v) is 6.90. The van der Waals surface area contributed by atoms with E-state index in [-0.39, 0.29) is 75.3 Å². The number of ether oxygens (including phenoxy) is 1. The first-order valence-electron chi connectivity index (χ1n) is 16.3. The van der Waals surface area contributed by atoms with Crippen LogP contribution in [0.4, 0.5) is 14.6 Å². The van der Waals surface area contributed by atoms with Crippen molar-refractivity contribution in [1.29, 1.82) is 0 Å². The van der Waals surface area contributed by atoms with Crippen LogP contribution in [0.15, 0.2) is 59.5 Å². The van der Waals surface area contributed by atoms with Gasteiger partial charge in [-0.15, -0.1) is 0 Å². The number of sulfonamides is 1. The Hall–Kier alpha value is -5.42. The van der Waals surface area contributed by atoms with Crippen molar-refractivity contribution in [3.63, 3.8) is 0 Å². The summed E-state index contributed by atoms with van der Waals surface area (Å²) in [6.07, 6.45) is 4.50. The zero-order chi connectivity index (χ0) is 36.9. The summed E-state index contributed by atoms with van der Waals surface area (Å²) < 4.78 is 65.5. The number of hydrogen-bond donors (Lipinski definition) is 2. The number of nitrogens with zero attached hydrogens (tertiary/aromatic N) is 7. The van der Waals surface area contributed by atoms with Crippen LogP contribution in [0.25, 0.3) is 27.6 Å². The maximum atomic E-state index is 14.6. The van der Waals surface area contributed by atoms with Crippen LogP contribution in [0.5, 0.6) is 5.88 Å². The van der Waals surface area contributed by atoms with Gasteiger partial charge in [0.1, 0.15) is 24.0 Å². The molecule has 1 aliphatic carbocycles. The number of nitrogens with one attached hydrogen (secondary N) is 2. The lowest BCUT2D eigenvalue weighted by molar-refractivity contribution is -0.122. The normalized spacial score (nSPS) is 13.8. The fourth-order valence-electron chi connectivity index (χ4n) is 6.17. The lowest BCUT2D eigenvalue weighted by atomic mass is 10.0. The summed E-state index contributed by atoms with van der Waals surface area (Å²) in [7, 11) is -2.26. The number of anilines is 1. The standard InChI is InChI=1S/C34H32ClF2N9O5S/c1-4-51-28-10-7-22-31(39-28)40-33(46(34(22)48)26-9-8-23(35)29-30(26)44(2)42-32(29)43-52(3,49)50)25(15-18-13-20(36)16-21(37)14-18)38-27(47)17-45-12-11-24(41-45)19-5-6-19/h7-14,16,19,25H,4-6,15,17H2,1-3H3,(H,38,47)(H,42,43)/t25-/m0/s1. The van der Waals surface area contributed by atoms with E-state index in [0.29, 0.717) is 5.92 Å². The first-order valence-corrected chi connectivity index (χ1v) is 18.5. The number of benzene rings is 2. The second-order valence-electron chi connectivity index (χ2n) is 12.5. The summed E-state index contributed by atoms with van der Waals surface area (Å²) in [5.41, 5.74) is 0.828. The van der Waals surface area contributed by atoms with Crippen LogP contribution in [0.1, 0.15) is 48.8 Å². The van der Waals surface area contributed by atoms with Crippen LogP contribution in [0.3, 0.4) is 0 Å². The van der Waals surface area contributed by atoms with Gasteiger partial charge < -0.3 is 10.1 Å². The maximum Gasteiger partial charge on any atom is 0.267 e. The first kappa shape index (κ1) is 35.0. The van der Waals surface area contributed by atoms with Crippen molar-refractivity contribution in [1.82, 2.24) is 39.4 Å². The summed E-state index contributed by atoms with van der Waals surface area (Å²) >= 11 is 6.60. The van der Waals surface area contributed by atoms with Gasteiger partial charge in [-0.3, -0.25) is 28.2 Å². The minimum atomic E-state index is -3.80. The molecule has 14 nitrogen and oxygen atoms in total. The summed E-state index contributed by atoms with van der Waals surface area (Å²) in [6, 6.07) is 9.66. The van der Waals surface area contributed by atoms with Crippen molar-refractivity contribution in [3.8, 4) is 11.6 Å². The van der Waals surface area contributed by atoms with Crippen LogP contribution in [0.2, 0.25) is 5.02 Å². The predicted octanol–water partition coefficient (Wildman–Crippen LogP) is 4.54. The number of amides is 1. The minimum Gasteiger partial charge on any atom is -0.478 e. The van der Waals surface area contributed by atoms with Gasteiger partial charge in [0.25, 0.3) is 5.56 Å². The Morgan fingerprint density at radius 1 is 1.08 bits per heavy atom. The molecule has 6 aromatic rings. The smallest absolute Gasteiger partial charge is 0.267 e. The molecular formula is C34H32ClF2N9O5S. The van der Waals surface area contributed by atoms with Gasteiger partial charge in [0.05, 0.1) is 51.6 Å². The predicted molar refractivity (Wildman–Crippen MR) is 189 cm³/mol. The molecule has 4 heterocycles. The average molecular weight is 752 g/mol. The highest BCUT2D eigenvalue weighted by Crippen LogP contribution is 2.39. The van der Waals surface area contributed by atoms with E-state index in [9.17, 15) is 26.8 Å². The van der Waals surface area contributed by atoms with Gasteiger partial charge in [0.15, 0.2) is 11.5 Å². The van der Waals surface area contributed by atoms with Crippen molar-refractivity contribution in [3.05, 3.63) is 98.8 Å². The van der Waals surface area contributed by atoms with Gasteiger partial charge in [-0.25, -0.2) is 22.2 Å². The van der Waals surface area contributed by atoms with Crippen molar-refractivity contribution in [2.45, 2.75) is 44.7 Å². The number of carbonyl (C=O) groups excluding carboxylic acids is 1. The molecule has 4 aromatic heterocycles. The second kappa shape index (κ2) is 13.6. The lowest BCUT2D eigenvalue weighted by Gasteiger charge is -2.23. The van der Waals surface area contributed by atoms with Gasteiger partial charge in [0.2, 0.25) is 21.8 Å². The molecule has 270 valence electrons. The molecule has 1 atom stereocenters. The van der Waals surface area contributed by atoms with Gasteiger partial charge in [0, 0.05) is 37.7 Å². The summed E-state index contributed by atoms with van der Waals surface area (Å²) in [4.78, 5) is 37.6.